The normalized spacial score (nSPS) is 14.4. The SMILES string of the molecule is CCOc1cc(/C=C2\SC(=O)N(CCOc3ccc(F)cc3)C2=O)cc(I)c1OCc1ccc(C)cc1. The molecule has 1 fully saturated rings. The van der Waals surface area contributed by atoms with E-state index < -0.39 is 0 Å². The van der Waals surface area contributed by atoms with Crippen LogP contribution in [0.1, 0.15) is 23.6 Å². The van der Waals surface area contributed by atoms with Gasteiger partial charge >= 0.3 is 0 Å². The maximum absolute atomic E-state index is 13.0. The first-order chi connectivity index (χ1) is 17.8. The van der Waals surface area contributed by atoms with Gasteiger partial charge < -0.3 is 14.2 Å². The maximum Gasteiger partial charge on any atom is 0.293 e. The molecule has 0 unspecified atom stereocenters. The lowest BCUT2D eigenvalue weighted by Gasteiger charge is -2.15. The zero-order valence-electron chi connectivity index (χ0n) is 20.3. The Bertz CT molecular complexity index is 1310. The molecule has 37 heavy (non-hydrogen) atoms. The highest BCUT2D eigenvalue weighted by molar-refractivity contribution is 14.1. The number of imide groups is 1. The van der Waals surface area contributed by atoms with Crippen molar-refractivity contribution in [3.05, 3.63) is 91.6 Å². The van der Waals surface area contributed by atoms with E-state index in [1.54, 1.807) is 6.08 Å². The first kappa shape index (κ1) is 27.0. The third-order valence-corrected chi connectivity index (χ3v) is 7.11. The average Bonchev–Trinajstić information content (AvgIpc) is 3.13. The summed E-state index contributed by atoms with van der Waals surface area (Å²) in [5.74, 6) is 0.916. The molecule has 4 rings (SSSR count). The molecule has 1 aliphatic rings. The molecule has 1 saturated heterocycles. The van der Waals surface area contributed by atoms with Crippen molar-refractivity contribution in [1.82, 2.24) is 4.90 Å². The lowest BCUT2D eigenvalue weighted by molar-refractivity contribution is -0.123. The number of nitrogens with zero attached hydrogens (tertiary/aromatic N) is 1. The van der Waals surface area contributed by atoms with Crippen molar-refractivity contribution in [3.8, 4) is 17.2 Å². The summed E-state index contributed by atoms with van der Waals surface area (Å²) in [7, 11) is 0. The minimum atomic E-state index is -0.384. The molecule has 1 heterocycles. The molecule has 0 spiro atoms. The summed E-state index contributed by atoms with van der Waals surface area (Å²) in [5.41, 5.74) is 2.95. The number of ether oxygens (including phenoxy) is 3. The van der Waals surface area contributed by atoms with Gasteiger partial charge in [0.25, 0.3) is 11.1 Å². The largest absolute Gasteiger partial charge is 0.492 e. The molecule has 9 heteroatoms. The standard InChI is InChI=1S/C28H25FINO5S/c1-3-34-24-15-20(14-23(30)26(24)36-17-19-6-4-18(2)5-7-19)16-25-27(32)31(28(33)37-25)12-13-35-22-10-8-21(29)9-11-22/h4-11,14-16H,3,12-13,17H2,1-2H3/b25-16-. The van der Waals surface area contributed by atoms with E-state index in [9.17, 15) is 14.0 Å². The Balaban J connectivity index is 1.45. The number of aryl methyl sites for hydroxylation is 1. The van der Waals surface area contributed by atoms with Gasteiger partial charge in [0.05, 0.1) is 21.6 Å². The van der Waals surface area contributed by atoms with Crippen LogP contribution >= 0.6 is 34.4 Å². The number of carbonyl (C=O) groups is 2. The summed E-state index contributed by atoms with van der Waals surface area (Å²) in [6.07, 6.45) is 1.68. The number of amides is 2. The van der Waals surface area contributed by atoms with Gasteiger partial charge in [-0.25, -0.2) is 4.39 Å². The van der Waals surface area contributed by atoms with E-state index >= 15 is 0 Å². The highest BCUT2D eigenvalue weighted by Crippen LogP contribution is 2.38. The van der Waals surface area contributed by atoms with Crippen molar-refractivity contribution in [2.24, 2.45) is 0 Å². The van der Waals surface area contributed by atoms with Crippen LogP contribution in [0.4, 0.5) is 9.18 Å². The third-order valence-electron chi connectivity index (χ3n) is 5.40. The minimum Gasteiger partial charge on any atom is -0.492 e. The summed E-state index contributed by atoms with van der Waals surface area (Å²) in [6, 6.07) is 17.4. The Morgan fingerprint density at radius 1 is 1.00 bits per heavy atom. The van der Waals surface area contributed by atoms with Crippen LogP contribution < -0.4 is 14.2 Å². The number of hydrogen-bond acceptors (Lipinski definition) is 6. The highest BCUT2D eigenvalue weighted by atomic mass is 127. The second-order valence-electron chi connectivity index (χ2n) is 8.17. The summed E-state index contributed by atoms with van der Waals surface area (Å²) < 4.78 is 31.3. The molecule has 0 N–H and O–H groups in total. The molecule has 0 radical (unpaired) electrons. The number of benzene rings is 3. The van der Waals surface area contributed by atoms with Crippen LogP contribution in [-0.4, -0.2) is 35.8 Å². The van der Waals surface area contributed by atoms with Gasteiger partial charge in [0.15, 0.2) is 11.5 Å². The quantitative estimate of drug-likeness (QED) is 0.180. The molecule has 0 aromatic heterocycles. The average molecular weight is 633 g/mol. The van der Waals surface area contributed by atoms with Crippen molar-refractivity contribution in [2.45, 2.75) is 20.5 Å². The van der Waals surface area contributed by atoms with Crippen molar-refractivity contribution in [3.63, 3.8) is 0 Å². The third kappa shape index (κ3) is 7.04. The minimum absolute atomic E-state index is 0.0902. The molecule has 2 amide bonds. The molecule has 0 bridgehead atoms. The van der Waals surface area contributed by atoms with Crippen molar-refractivity contribution < 1.29 is 28.2 Å². The summed E-state index contributed by atoms with van der Waals surface area (Å²) in [6.45, 7) is 4.97. The van der Waals surface area contributed by atoms with Crippen LogP contribution in [0, 0.1) is 16.3 Å². The summed E-state index contributed by atoms with van der Waals surface area (Å²) in [5, 5.41) is -0.364. The number of hydrogen-bond donors (Lipinski definition) is 0. The Morgan fingerprint density at radius 2 is 1.73 bits per heavy atom. The van der Waals surface area contributed by atoms with Crippen molar-refractivity contribution in [1.29, 1.82) is 0 Å². The van der Waals surface area contributed by atoms with E-state index in [0.29, 0.717) is 35.4 Å². The number of halogens is 2. The van der Waals surface area contributed by atoms with E-state index in [2.05, 4.69) is 22.6 Å². The number of rotatable bonds is 10. The van der Waals surface area contributed by atoms with Crippen LogP contribution in [0.5, 0.6) is 17.2 Å². The smallest absolute Gasteiger partial charge is 0.293 e. The van der Waals surface area contributed by atoms with Crippen molar-refractivity contribution >= 4 is 51.6 Å². The zero-order chi connectivity index (χ0) is 26.4. The zero-order valence-corrected chi connectivity index (χ0v) is 23.3. The maximum atomic E-state index is 13.0. The first-order valence-electron chi connectivity index (χ1n) is 11.6. The van der Waals surface area contributed by atoms with Gasteiger partial charge in [-0.3, -0.25) is 14.5 Å². The lowest BCUT2D eigenvalue weighted by Crippen LogP contribution is -2.32. The van der Waals surface area contributed by atoms with Gasteiger partial charge in [-0.15, -0.1) is 0 Å². The predicted octanol–water partition coefficient (Wildman–Crippen LogP) is 6.83. The molecule has 6 nitrogen and oxygen atoms in total. The topological polar surface area (TPSA) is 65.1 Å². The molecule has 0 saturated carbocycles. The van der Waals surface area contributed by atoms with Crippen LogP contribution in [0.3, 0.4) is 0 Å². The van der Waals surface area contributed by atoms with E-state index in [0.717, 1.165) is 31.4 Å². The van der Waals surface area contributed by atoms with E-state index in [1.165, 1.54) is 29.8 Å². The molecule has 1 aliphatic heterocycles. The van der Waals surface area contributed by atoms with Crippen molar-refractivity contribution in [2.75, 3.05) is 19.8 Å². The van der Waals surface area contributed by atoms with E-state index in [-0.39, 0.29) is 30.1 Å². The fourth-order valence-electron chi connectivity index (χ4n) is 3.54. The summed E-state index contributed by atoms with van der Waals surface area (Å²) >= 11 is 3.06. The summed E-state index contributed by atoms with van der Waals surface area (Å²) in [4.78, 5) is 26.9. The molecule has 192 valence electrons. The first-order valence-corrected chi connectivity index (χ1v) is 13.5. The number of thioether (sulfide) groups is 1. The predicted molar refractivity (Wildman–Crippen MR) is 150 cm³/mol. The van der Waals surface area contributed by atoms with Gasteiger partial charge in [0.2, 0.25) is 0 Å². The Labute approximate surface area is 232 Å². The van der Waals surface area contributed by atoms with Crippen LogP contribution in [-0.2, 0) is 11.4 Å². The van der Waals surface area contributed by atoms with Crippen LogP contribution in [0.15, 0.2) is 65.6 Å². The number of carbonyl (C=O) groups excluding carboxylic acids is 2. The second kappa shape index (κ2) is 12.5. The van der Waals surface area contributed by atoms with Gasteiger partial charge in [-0.05, 0) is 102 Å². The fraction of sp³-hybridized carbons (Fsp3) is 0.214. The van der Waals surface area contributed by atoms with E-state index in [1.807, 2.05) is 50.2 Å². The second-order valence-corrected chi connectivity index (χ2v) is 10.3. The highest BCUT2D eigenvalue weighted by Gasteiger charge is 2.35. The Morgan fingerprint density at radius 3 is 2.43 bits per heavy atom. The monoisotopic (exact) mass is 633 g/mol. The Hall–Kier alpha value is -3.05. The molecule has 3 aromatic carbocycles. The molecule has 3 aromatic rings. The van der Waals surface area contributed by atoms with Crippen LogP contribution in [0.25, 0.3) is 6.08 Å². The van der Waals surface area contributed by atoms with Gasteiger partial charge in [0.1, 0.15) is 24.8 Å². The Kier molecular flexibility index (Phi) is 9.09. The fourth-order valence-corrected chi connectivity index (χ4v) is 5.19. The molecule has 0 aliphatic carbocycles. The molecule has 0 atom stereocenters. The molecular weight excluding hydrogens is 608 g/mol. The van der Waals surface area contributed by atoms with Gasteiger partial charge in [-0.1, -0.05) is 29.8 Å². The van der Waals surface area contributed by atoms with Crippen LogP contribution in [0.2, 0.25) is 0 Å². The molecular formula is C28H25FINO5S. The van der Waals surface area contributed by atoms with Gasteiger partial charge in [-0.2, -0.15) is 0 Å². The van der Waals surface area contributed by atoms with Gasteiger partial charge in [0, 0.05) is 0 Å². The lowest BCUT2D eigenvalue weighted by atomic mass is 10.1. The van der Waals surface area contributed by atoms with E-state index in [4.69, 9.17) is 14.2 Å².